The molecule has 1 unspecified atom stereocenters. The van der Waals surface area contributed by atoms with Crippen LogP contribution in [0, 0.1) is 0 Å². The lowest BCUT2D eigenvalue weighted by Gasteiger charge is -2.31. The van der Waals surface area contributed by atoms with Crippen LogP contribution in [0.4, 0.5) is 13.2 Å². The van der Waals surface area contributed by atoms with Crippen LogP contribution >= 0.6 is 0 Å². The summed E-state index contributed by atoms with van der Waals surface area (Å²) in [6.07, 6.45) is -0.126. The Bertz CT molecular complexity index is 1390. The van der Waals surface area contributed by atoms with E-state index >= 15 is 0 Å². The standard InChI is InChI=1S/C25H25F3N6/c1-24(29)11-12-33(14-24)22(25(26,27)28)17-8-10-20-31-32-23(34(20)13-17)19-9-7-16-3-2-4-18(15-5-6-15)21(16)30-19/h2-4,7-10,13,15,22H,5-6,11-12,14,29H2,1H3/t22-,24?/m0/s1. The second-order valence-corrected chi connectivity index (χ2v) is 9.92. The Morgan fingerprint density at radius 1 is 1.09 bits per heavy atom. The Kier molecular flexibility index (Phi) is 4.73. The summed E-state index contributed by atoms with van der Waals surface area (Å²) >= 11 is 0. The van der Waals surface area contributed by atoms with E-state index in [2.05, 4.69) is 16.3 Å². The van der Waals surface area contributed by atoms with Crippen molar-refractivity contribution in [2.45, 2.75) is 49.9 Å². The van der Waals surface area contributed by atoms with E-state index in [1.807, 2.05) is 24.3 Å². The molecular weight excluding hydrogens is 441 g/mol. The molecule has 1 saturated heterocycles. The third-order valence-corrected chi connectivity index (χ3v) is 6.95. The van der Waals surface area contributed by atoms with Gasteiger partial charge >= 0.3 is 6.18 Å². The smallest absolute Gasteiger partial charge is 0.324 e. The number of nitrogens with two attached hydrogens (primary N) is 1. The zero-order valence-corrected chi connectivity index (χ0v) is 18.8. The number of aromatic nitrogens is 4. The lowest BCUT2D eigenvalue weighted by Crippen LogP contribution is -2.43. The molecule has 4 heterocycles. The number of alkyl halides is 3. The monoisotopic (exact) mass is 466 g/mol. The fraction of sp³-hybridized carbons (Fsp3) is 0.400. The van der Waals surface area contributed by atoms with Gasteiger partial charge in [-0.1, -0.05) is 30.3 Å². The van der Waals surface area contributed by atoms with E-state index in [9.17, 15) is 13.2 Å². The van der Waals surface area contributed by atoms with Crippen molar-refractivity contribution in [2.24, 2.45) is 5.73 Å². The highest BCUT2D eigenvalue weighted by Gasteiger charge is 2.48. The number of likely N-dealkylation sites (tertiary alicyclic amines) is 1. The van der Waals surface area contributed by atoms with E-state index < -0.39 is 17.8 Å². The second kappa shape index (κ2) is 7.48. The summed E-state index contributed by atoms with van der Waals surface area (Å²) in [6.45, 7) is 2.27. The molecule has 0 bridgehead atoms. The van der Waals surface area contributed by atoms with Gasteiger partial charge in [0.1, 0.15) is 11.7 Å². The summed E-state index contributed by atoms with van der Waals surface area (Å²) in [5.41, 5.74) is 8.84. The van der Waals surface area contributed by atoms with Crippen molar-refractivity contribution < 1.29 is 13.2 Å². The molecule has 0 spiro atoms. The number of halogens is 3. The third kappa shape index (κ3) is 3.73. The maximum Gasteiger partial charge on any atom is 0.408 e. The molecule has 0 radical (unpaired) electrons. The van der Waals surface area contributed by atoms with E-state index in [0.717, 1.165) is 23.7 Å². The summed E-state index contributed by atoms with van der Waals surface area (Å²) in [5.74, 6) is 0.949. The van der Waals surface area contributed by atoms with Crippen molar-refractivity contribution in [3.05, 3.63) is 59.8 Å². The van der Waals surface area contributed by atoms with E-state index in [1.54, 1.807) is 17.4 Å². The molecule has 9 heteroatoms. The maximum atomic E-state index is 14.2. The number of rotatable bonds is 4. The number of fused-ring (bicyclic) bond motifs is 2. The van der Waals surface area contributed by atoms with E-state index in [4.69, 9.17) is 10.7 Å². The largest absolute Gasteiger partial charge is 0.408 e. The van der Waals surface area contributed by atoms with Gasteiger partial charge in [0.2, 0.25) is 0 Å². The van der Waals surface area contributed by atoms with Gasteiger partial charge in [0.15, 0.2) is 11.5 Å². The zero-order valence-electron chi connectivity index (χ0n) is 18.8. The van der Waals surface area contributed by atoms with Gasteiger partial charge < -0.3 is 5.73 Å². The van der Waals surface area contributed by atoms with E-state index in [0.29, 0.717) is 36.0 Å². The van der Waals surface area contributed by atoms with Gasteiger partial charge in [-0.05, 0) is 55.4 Å². The van der Waals surface area contributed by atoms with Crippen LogP contribution in [0.5, 0.6) is 0 Å². The molecule has 2 atom stereocenters. The van der Waals surface area contributed by atoms with Crippen molar-refractivity contribution >= 4 is 16.6 Å². The number of nitrogens with zero attached hydrogens (tertiary/aromatic N) is 5. The molecular formula is C25H25F3N6. The van der Waals surface area contributed by atoms with Crippen LogP contribution in [-0.4, -0.2) is 49.3 Å². The minimum absolute atomic E-state index is 0.137. The molecule has 176 valence electrons. The lowest BCUT2D eigenvalue weighted by molar-refractivity contribution is -0.184. The molecule has 0 amide bonds. The van der Waals surface area contributed by atoms with Crippen molar-refractivity contribution in [2.75, 3.05) is 13.1 Å². The average Bonchev–Trinajstić information content (AvgIpc) is 3.45. The Labute approximate surface area is 194 Å². The number of benzene rings is 1. The van der Waals surface area contributed by atoms with Crippen LogP contribution in [0.15, 0.2) is 48.7 Å². The summed E-state index contributed by atoms with van der Waals surface area (Å²) in [7, 11) is 0. The van der Waals surface area contributed by atoms with Crippen LogP contribution in [0.2, 0.25) is 0 Å². The topological polar surface area (TPSA) is 72.3 Å². The number of hydrogen-bond donors (Lipinski definition) is 1. The van der Waals surface area contributed by atoms with E-state index in [1.165, 1.54) is 22.7 Å². The normalized spacial score (nSPS) is 22.6. The second-order valence-electron chi connectivity index (χ2n) is 9.92. The minimum atomic E-state index is -4.44. The predicted molar refractivity (Wildman–Crippen MR) is 123 cm³/mol. The summed E-state index contributed by atoms with van der Waals surface area (Å²) in [5, 5.41) is 9.51. The first-order valence-electron chi connectivity index (χ1n) is 11.5. The molecule has 1 saturated carbocycles. The quantitative estimate of drug-likeness (QED) is 0.466. The molecule has 34 heavy (non-hydrogen) atoms. The van der Waals surface area contributed by atoms with Gasteiger partial charge in [0.05, 0.1) is 5.52 Å². The lowest BCUT2D eigenvalue weighted by atomic mass is 10.0. The van der Waals surface area contributed by atoms with Crippen LogP contribution in [0.25, 0.3) is 28.1 Å². The number of para-hydroxylation sites is 1. The first kappa shape index (κ1) is 21.5. The first-order valence-corrected chi connectivity index (χ1v) is 11.5. The average molecular weight is 467 g/mol. The fourth-order valence-corrected chi connectivity index (χ4v) is 5.11. The molecule has 1 aromatic carbocycles. The van der Waals surface area contributed by atoms with Crippen molar-refractivity contribution in [1.29, 1.82) is 0 Å². The highest BCUT2D eigenvalue weighted by atomic mass is 19.4. The van der Waals surface area contributed by atoms with Gasteiger partial charge in [-0.2, -0.15) is 13.2 Å². The van der Waals surface area contributed by atoms with Crippen LogP contribution in [0.3, 0.4) is 0 Å². The van der Waals surface area contributed by atoms with E-state index in [-0.39, 0.29) is 12.1 Å². The van der Waals surface area contributed by atoms with Gasteiger partial charge in [-0.3, -0.25) is 9.30 Å². The molecule has 6 nitrogen and oxygen atoms in total. The summed E-state index contributed by atoms with van der Waals surface area (Å²) in [6, 6.07) is 11.3. The number of hydrogen-bond acceptors (Lipinski definition) is 5. The van der Waals surface area contributed by atoms with Crippen molar-refractivity contribution in [3.63, 3.8) is 0 Å². The summed E-state index contributed by atoms with van der Waals surface area (Å²) < 4.78 is 44.3. The maximum absolute atomic E-state index is 14.2. The van der Waals surface area contributed by atoms with Crippen LogP contribution in [0.1, 0.15) is 49.3 Å². The number of pyridine rings is 2. The van der Waals surface area contributed by atoms with Gasteiger partial charge in [-0.25, -0.2) is 4.98 Å². The van der Waals surface area contributed by atoms with Crippen molar-refractivity contribution in [1.82, 2.24) is 24.5 Å². The molecule has 3 aromatic heterocycles. The summed E-state index contributed by atoms with van der Waals surface area (Å²) in [4.78, 5) is 6.29. The Morgan fingerprint density at radius 3 is 2.62 bits per heavy atom. The molecule has 1 aliphatic heterocycles. The molecule has 1 aliphatic carbocycles. The van der Waals surface area contributed by atoms with Crippen LogP contribution in [-0.2, 0) is 0 Å². The van der Waals surface area contributed by atoms with Crippen LogP contribution < -0.4 is 5.73 Å². The highest BCUT2D eigenvalue weighted by Crippen LogP contribution is 2.43. The Morgan fingerprint density at radius 2 is 1.91 bits per heavy atom. The Balaban J connectivity index is 1.45. The predicted octanol–water partition coefficient (Wildman–Crippen LogP) is 4.85. The molecule has 2 fully saturated rings. The third-order valence-electron chi connectivity index (χ3n) is 6.95. The minimum Gasteiger partial charge on any atom is -0.324 e. The van der Waals surface area contributed by atoms with Gasteiger partial charge in [0, 0.05) is 30.2 Å². The molecule has 2 N–H and O–H groups in total. The fourth-order valence-electron chi connectivity index (χ4n) is 5.11. The first-order chi connectivity index (χ1) is 16.2. The SMILES string of the molecule is CC1(N)CCN([C@@H](c2ccc3nnc(-c4ccc5cccc(C6CC6)c5n4)n3c2)C(F)(F)F)C1. The zero-order chi connectivity index (χ0) is 23.7. The highest BCUT2D eigenvalue weighted by molar-refractivity contribution is 5.84. The van der Waals surface area contributed by atoms with Gasteiger partial charge in [-0.15, -0.1) is 10.2 Å². The molecule has 2 aliphatic rings. The van der Waals surface area contributed by atoms with Gasteiger partial charge in [0.25, 0.3) is 0 Å². The molecule has 4 aromatic rings. The van der Waals surface area contributed by atoms with Crippen molar-refractivity contribution in [3.8, 4) is 11.5 Å². The molecule has 6 rings (SSSR count). The Hall–Kier alpha value is -3.04.